The lowest BCUT2D eigenvalue weighted by Crippen LogP contribution is -2.37. The largest absolute Gasteiger partial charge is 0.379 e. The Balaban J connectivity index is 1.78. The Labute approximate surface area is 169 Å². The Hall–Kier alpha value is -0.670. The molecular formula is C22H33N2OPS. The minimum atomic E-state index is -1.78. The van der Waals surface area contributed by atoms with Gasteiger partial charge in [0.15, 0.2) is 0 Å². The molecule has 1 saturated carbocycles. The van der Waals surface area contributed by atoms with E-state index in [1.54, 1.807) is 0 Å². The summed E-state index contributed by atoms with van der Waals surface area (Å²) in [5.41, 5.74) is 4.84. The number of morpholine rings is 1. The summed E-state index contributed by atoms with van der Waals surface area (Å²) in [5, 5.41) is 0. The topological polar surface area (TPSA) is 15.7 Å². The van der Waals surface area contributed by atoms with Gasteiger partial charge in [0, 0.05) is 48.8 Å². The number of hydrogen-bond acceptors (Lipinski definition) is 3. The van der Waals surface area contributed by atoms with Crippen molar-refractivity contribution in [1.29, 1.82) is 0 Å². The van der Waals surface area contributed by atoms with Crippen LogP contribution < -0.4 is 4.90 Å². The molecule has 0 N–H and O–H groups in total. The summed E-state index contributed by atoms with van der Waals surface area (Å²) in [5.74, 6) is 2.57. The molecule has 5 heteroatoms. The quantitative estimate of drug-likeness (QED) is 0.634. The van der Waals surface area contributed by atoms with Gasteiger partial charge in [-0.1, -0.05) is 63.1 Å². The van der Waals surface area contributed by atoms with E-state index in [0.29, 0.717) is 5.66 Å². The maximum absolute atomic E-state index is 6.62. The molecular weight excluding hydrogens is 371 g/mol. The molecule has 0 amide bonds. The predicted octanol–water partition coefficient (Wildman–Crippen LogP) is 5.31. The van der Waals surface area contributed by atoms with Crippen molar-refractivity contribution in [2.75, 3.05) is 38.3 Å². The van der Waals surface area contributed by atoms with Crippen molar-refractivity contribution >= 4 is 23.7 Å². The normalized spacial score (nSPS) is 27.5. The SMILES string of the molecule is CN1C(=CP(=S)(C2CCCCC2)N2CCOCC2)C(C)(C)c2ccccc21. The van der Waals surface area contributed by atoms with E-state index in [2.05, 4.69) is 60.5 Å². The average molecular weight is 405 g/mol. The van der Waals surface area contributed by atoms with E-state index in [1.165, 1.54) is 49.1 Å². The average Bonchev–Trinajstić information content (AvgIpc) is 2.90. The van der Waals surface area contributed by atoms with E-state index in [0.717, 1.165) is 26.3 Å². The van der Waals surface area contributed by atoms with Crippen LogP contribution in [-0.2, 0) is 22.0 Å². The minimum absolute atomic E-state index is 0.0103. The third-order valence-corrected chi connectivity index (χ3v) is 12.1. The highest BCUT2D eigenvalue weighted by atomic mass is 32.4. The van der Waals surface area contributed by atoms with Gasteiger partial charge < -0.3 is 9.64 Å². The number of rotatable bonds is 3. The van der Waals surface area contributed by atoms with Crippen LogP contribution in [0.25, 0.3) is 0 Å². The van der Waals surface area contributed by atoms with Crippen LogP contribution in [0.4, 0.5) is 5.69 Å². The Bertz CT molecular complexity index is 741. The maximum Gasteiger partial charge on any atom is 0.0597 e. The van der Waals surface area contributed by atoms with Crippen molar-refractivity contribution in [3.05, 3.63) is 41.3 Å². The van der Waals surface area contributed by atoms with Gasteiger partial charge in [-0.25, -0.2) is 0 Å². The first-order valence-electron chi connectivity index (χ1n) is 10.4. The van der Waals surface area contributed by atoms with Crippen LogP contribution in [0.3, 0.4) is 0 Å². The fourth-order valence-electron chi connectivity index (χ4n) is 5.14. The van der Waals surface area contributed by atoms with E-state index in [1.807, 2.05) is 0 Å². The lowest BCUT2D eigenvalue weighted by molar-refractivity contribution is 0.0744. The van der Waals surface area contributed by atoms with Crippen LogP contribution in [-0.4, -0.2) is 43.7 Å². The highest BCUT2D eigenvalue weighted by molar-refractivity contribution is 8.15. The third-order valence-electron chi connectivity index (χ3n) is 6.78. The van der Waals surface area contributed by atoms with Gasteiger partial charge in [-0.2, -0.15) is 0 Å². The fourth-order valence-corrected chi connectivity index (χ4v) is 10.1. The van der Waals surface area contributed by atoms with Gasteiger partial charge in [0.1, 0.15) is 0 Å². The van der Waals surface area contributed by atoms with Gasteiger partial charge in [0.25, 0.3) is 0 Å². The number of hydrogen-bond donors (Lipinski definition) is 0. The van der Waals surface area contributed by atoms with Crippen LogP contribution in [0.15, 0.2) is 35.8 Å². The van der Waals surface area contributed by atoms with E-state index in [9.17, 15) is 0 Å². The van der Waals surface area contributed by atoms with Crippen LogP contribution >= 0.6 is 6.19 Å². The molecule has 1 aromatic carbocycles. The van der Waals surface area contributed by atoms with Crippen LogP contribution in [0, 0.1) is 0 Å². The van der Waals surface area contributed by atoms with Gasteiger partial charge in [0.2, 0.25) is 0 Å². The molecule has 2 fully saturated rings. The van der Waals surface area contributed by atoms with E-state index < -0.39 is 6.19 Å². The molecule has 0 radical (unpaired) electrons. The zero-order valence-electron chi connectivity index (χ0n) is 17.0. The lowest BCUT2D eigenvalue weighted by Gasteiger charge is -2.43. The smallest absolute Gasteiger partial charge is 0.0597 e. The molecule has 1 saturated heterocycles. The second-order valence-corrected chi connectivity index (χ2v) is 13.4. The van der Waals surface area contributed by atoms with Crippen LogP contribution in [0.2, 0.25) is 0 Å². The van der Waals surface area contributed by atoms with Crippen LogP contribution in [0.1, 0.15) is 51.5 Å². The Kier molecular flexibility index (Phi) is 5.55. The molecule has 0 bridgehead atoms. The number of anilines is 1. The Morgan fingerprint density at radius 2 is 1.78 bits per heavy atom. The number of fused-ring (bicyclic) bond motifs is 1. The summed E-state index contributed by atoms with van der Waals surface area (Å²) in [6.07, 6.45) is 4.88. The summed E-state index contributed by atoms with van der Waals surface area (Å²) >= 11 is 6.62. The molecule has 4 rings (SSSR count). The molecule has 1 aromatic rings. The van der Waals surface area contributed by atoms with Crippen molar-refractivity contribution in [2.24, 2.45) is 0 Å². The lowest BCUT2D eigenvalue weighted by atomic mass is 9.84. The molecule has 2 heterocycles. The second-order valence-electron chi connectivity index (χ2n) is 8.75. The summed E-state index contributed by atoms with van der Waals surface area (Å²) in [6.45, 7) is 8.37. The highest BCUT2D eigenvalue weighted by Crippen LogP contribution is 2.63. The van der Waals surface area contributed by atoms with Crippen molar-refractivity contribution in [3.63, 3.8) is 0 Å². The molecule has 1 aliphatic carbocycles. The molecule has 0 spiro atoms. The van der Waals surface area contributed by atoms with E-state index >= 15 is 0 Å². The molecule has 27 heavy (non-hydrogen) atoms. The van der Waals surface area contributed by atoms with Crippen molar-refractivity contribution < 1.29 is 4.74 Å². The molecule has 148 valence electrons. The molecule has 1 unspecified atom stereocenters. The van der Waals surface area contributed by atoms with E-state index in [-0.39, 0.29) is 5.41 Å². The number of allylic oxidation sites excluding steroid dienone is 1. The summed E-state index contributed by atoms with van der Waals surface area (Å²) in [7, 11) is 2.22. The first-order chi connectivity index (χ1) is 12.9. The van der Waals surface area contributed by atoms with Crippen molar-refractivity contribution in [3.8, 4) is 0 Å². The van der Waals surface area contributed by atoms with Crippen molar-refractivity contribution in [2.45, 2.75) is 57.0 Å². The molecule has 2 aliphatic heterocycles. The second kappa shape index (κ2) is 7.63. The Morgan fingerprint density at radius 1 is 1.11 bits per heavy atom. The van der Waals surface area contributed by atoms with E-state index in [4.69, 9.17) is 16.5 Å². The number of nitrogens with zero attached hydrogens (tertiary/aromatic N) is 2. The number of benzene rings is 1. The number of likely N-dealkylation sites (N-methyl/N-ethyl adjacent to an activating group) is 1. The minimum Gasteiger partial charge on any atom is -0.379 e. The summed E-state index contributed by atoms with van der Waals surface area (Å²) in [6, 6.07) is 8.84. The summed E-state index contributed by atoms with van der Waals surface area (Å²) < 4.78 is 8.30. The maximum atomic E-state index is 6.62. The van der Waals surface area contributed by atoms with Gasteiger partial charge in [-0.3, -0.25) is 4.67 Å². The predicted molar refractivity (Wildman–Crippen MR) is 120 cm³/mol. The Morgan fingerprint density at radius 3 is 2.44 bits per heavy atom. The first-order valence-corrected chi connectivity index (χ1v) is 13.3. The fraction of sp³-hybridized carbons (Fsp3) is 0.636. The standard InChI is InChI=1S/C22H33N2OPS/c1-22(2)19-11-7-8-12-20(19)23(3)21(22)17-26(27,18-9-5-4-6-10-18)24-13-15-25-16-14-24/h7-8,11-12,17-18H,4-6,9-10,13-16H2,1-3H3. The third kappa shape index (κ3) is 3.44. The zero-order chi connectivity index (χ0) is 19.1. The molecule has 0 aromatic heterocycles. The first kappa shape index (κ1) is 19.6. The van der Waals surface area contributed by atoms with Gasteiger partial charge in [-0.15, -0.1) is 0 Å². The van der Waals surface area contributed by atoms with Gasteiger partial charge >= 0.3 is 0 Å². The zero-order valence-corrected chi connectivity index (χ0v) is 18.7. The monoisotopic (exact) mass is 404 g/mol. The van der Waals surface area contributed by atoms with Gasteiger partial charge in [0.05, 0.1) is 13.2 Å². The van der Waals surface area contributed by atoms with Gasteiger partial charge in [-0.05, 0) is 30.3 Å². The number of para-hydroxylation sites is 1. The van der Waals surface area contributed by atoms with Crippen molar-refractivity contribution in [1.82, 2.24) is 4.67 Å². The van der Waals surface area contributed by atoms with Crippen LogP contribution in [0.5, 0.6) is 0 Å². The molecule has 3 aliphatic rings. The molecule has 3 nitrogen and oxygen atoms in total. The summed E-state index contributed by atoms with van der Waals surface area (Å²) in [4.78, 5) is 2.40. The molecule has 1 atom stereocenters. The number of ether oxygens (including phenoxy) is 1. The highest BCUT2D eigenvalue weighted by Gasteiger charge is 2.42.